The number of halogens is 1. The number of rotatable bonds is 3. The van der Waals surface area contributed by atoms with E-state index in [1.165, 1.54) is 12.1 Å². The van der Waals surface area contributed by atoms with Crippen molar-refractivity contribution in [2.45, 2.75) is 24.9 Å². The maximum absolute atomic E-state index is 12.9. The molecule has 0 aromatic heterocycles. The van der Waals surface area contributed by atoms with Crippen molar-refractivity contribution in [3.05, 3.63) is 35.6 Å². The molecule has 1 fully saturated rings. The first-order valence-electron chi connectivity index (χ1n) is 5.94. The molecule has 1 aromatic carbocycles. The molecule has 0 heterocycles. The number of nitrogens with one attached hydrogen (secondary N) is 2. The van der Waals surface area contributed by atoms with Gasteiger partial charge in [-0.15, -0.1) is 6.42 Å². The number of hydrogen-bond acceptors (Lipinski definition) is 1. The second kappa shape index (κ2) is 5.54. The summed E-state index contributed by atoms with van der Waals surface area (Å²) in [6, 6.07) is 6.35. The molecule has 1 saturated carbocycles. The summed E-state index contributed by atoms with van der Waals surface area (Å²) in [4.78, 5) is 4.12. The van der Waals surface area contributed by atoms with Crippen LogP contribution in [0.4, 0.5) is 4.39 Å². The Bertz CT molecular complexity index is 469. The third kappa shape index (κ3) is 3.24. The highest BCUT2D eigenvalue weighted by Crippen LogP contribution is 2.19. The molecular weight excluding hydrogens is 229 g/mol. The SMILES string of the molecule is C#CC(NC(=NC)NC1CC1)c1ccc(F)cc1. The number of aliphatic imine (C=N–C) groups is 1. The van der Waals surface area contributed by atoms with Crippen molar-refractivity contribution in [1.82, 2.24) is 10.6 Å². The molecule has 0 bridgehead atoms. The van der Waals surface area contributed by atoms with Gasteiger partial charge in [-0.25, -0.2) is 4.39 Å². The third-order valence-electron chi connectivity index (χ3n) is 2.79. The molecule has 1 aliphatic rings. The van der Waals surface area contributed by atoms with Crippen LogP contribution in [0.1, 0.15) is 24.4 Å². The fourth-order valence-corrected chi connectivity index (χ4v) is 1.60. The second-order valence-corrected chi connectivity index (χ2v) is 4.29. The van der Waals surface area contributed by atoms with Crippen LogP contribution in [0.3, 0.4) is 0 Å². The van der Waals surface area contributed by atoms with Gasteiger partial charge in [0.1, 0.15) is 11.9 Å². The van der Waals surface area contributed by atoms with Crippen LogP contribution in [0.5, 0.6) is 0 Å². The molecule has 0 aliphatic heterocycles. The molecule has 1 aliphatic carbocycles. The summed E-state index contributed by atoms with van der Waals surface area (Å²) in [7, 11) is 1.70. The van der Waals surface area contributed by atoms with E-state index in [-0.39, 0.29) is 11.9 Å². The van der Waals surface area contributed by atoms with Crippen LogP contribution in [-0.2, 0) is 0 Å². The molecule has 1 unspecified atom stereocenters. The van der Waals surface area contributed by atoms with Crippen molar-refractivity contribution in [3.63, 3.8) is 0 Å². The van der Waals surface area contributed by atoms with Crippen molar-refractivity contribution < 1.29 is 4.39 Å². The highest BCUT2D eigenvalue weighted by Gasteiger charge is 2.23. The third-order valence-corrected chi connectivity index (χ3v) is 2.79. The number of guanidine groups is 1. The molecule has 2 N–H and O–H groups in total. The molecule has 18 heavy (non-hydrogen) atoms. The fourth-order valence-electron chi connectivity index (χ4n) is 1.60. The minimum Gasteiger partial charge on any atom is -0.354 e. The number of benzene rings is 1. The Balaban J connectivity index is 2.04. The van der Waals surface area contributed by atoms with Crippen molar-refractivity contribution in [3.8, 4) is 12.3 Å². The highest BCUT2D eigenvalue weighted by molar-refractivity contribution is 5.81. The molecule has 0 saturated heterocycles. The lowest BCUT2D eigenvalue weighted by atomic mass is 10.1. The standard InChI is InChI=1S/C14H16FN3/c1-3-13(10-4-6-11(15)7-5-10)18-14(16-2)17-12-8-9-12/h1,4-7,12-13H,8-9H2,2H3,(H2,16,17,18). The zero-order valence-electron chi connectivity index (χ0n) is 10.3. The van der Waals surface area contributed by atoms with Crippen LogP contribution < -0.4 is 10.6 Å². The van der Waals surface area contributed by atoms with E-state index in [9.17, 15) is 4.39 Å². The Morgan fingerprint density at radius 3 is 2.61 bits per heavy atom. The predicted molar refractivity (Wildman–Crippen MR) is 70.6 cm³/mol. The average Bonchev–Trinajstić information content (AvgIpc) is 3.19. The maximum atomic E-state index is 12.9. The van der Waals surface area contributed by atoms with Gasteiger partial charge in [0, 0.05) is 13.1 Å². The van der Waals surface area contributed by atoms with E-state index < -0.39 is 0 Å². The van der Waals surface area contributed by atoms with E-state index in [4.69, 9.17) is 6.42 Å². The van der Waals surface area contributed by atoms with Crippen LogP contribution in [0.25, 0.3) is 0 Å². The summed E-state index contributed by atoms with van der Waals surface area (Å²) in [5.74, 6) is 3.06. The zero-order valence-corrected chi connectivity index (χ0v) is 10.3. The highest BCUT2D eigenvalue weighted by atomic mass is 19.1. The van der Waals surface area contributed by atoms with E-state index in [1.54, 1.807) is 19.2 Å². The van der Waals surface area contributed by atoms with Gasteiger partial charge in [0.25, 0.3) is 0 Å². The molecule has 1 atom stereocenters. The Labute approximate surface area is 107 Å². The summed E-state index contributed by atoms with van der Waals surface area (Å²) in [6.07, 6.45) is 7.83. The fraction of sp³-hybridized carbons (Fsp3) is 0.357. The molecule has 0 amide bonds. The first-order valence-corrected chi connectivity index (χ1v) is 5.94. The summed E-state index contributed by atoms with van der Waals surface area (Å²) >= 11 is 0. The van der Waals surface area contributed by atoms with E-state index in [1.807, 2.05) is 0 Å². The summed E-state index contributed by atoms with van der Waals surface area (Å²) < 4.78 is 12.9. The first kappa shape index (κ1) is 12.4. The van der Waals surface area contributed by atoms with Crippen molar-refractivity contribution in [2.24, 2.45) is 4.99 Å². The van der Waals surface area contributed by atoms with Gasteiger partial charge < -0.3 is 10.6 Å². The smallest absolute Gasteiger partial charge is 0.192 e. The van der Waals surface area contributed by atoms with Gasteiger partial charge in [0.05, 0.1) is 0 Å². The molecule has 0 radical (unpaired) electrons. The minimum atomic E-state index is -0.310. The van der Waals surface area contributed by atoms with Crippen LogP contribution in [0.15, 0.2) is 29.3 Å². The van der Waals surface area contributed by atoms with Gasteiger partial charge in [-0.3, -0.25) is 4.99 Å². The minimum absolute atomic E-state index is 0.269. The quantitative estimate of drug-likeness (QED) is 0.484. The zero-order chi connectivity index (χ0) is 13.0. The van der Waals surface area contributed by atoms with Crippen LogP contribution >= 0.6 is 0 Å². The number of hydrogen-bond donors (Lipinski definition) is 2. The van der Waals surface area contributed by atoms with Crippen molar-refractivity contribution in [1.29, 1.82) is 0 Å². The van der Waals surface area contributed by atoms with Gasteiger partial charge in [-0.1, -0.05) is 18.1 Å². The average molecular weight is 245 g/mol. The van der Waals surface area contributed by atoms with E-state index in [2.05, 4.69) is 21.5 Å². The Kier molecular flexibility index (Phi) is 3.83. The van der Waals surface area contributed by atoms with Crippen molar-refractivity contribution >= 4 is 5.96 Å². The predicted octanol–water partition coefficient (Wildman–Crippen LogP) is 1.83. The van der Waals surface area contributed by atoms with E-state index in [0.29, 0.717) is 12.0 Å². The monoisotopic (exact) mass is 245 g/mol. The summed E-state index contributed by atoms with van der Waals surface area (Å²) in [5.41, 5.74) is 0.845. The lowest BCUT2D eigenvalue weighted by molar-refractivity contribution is 0.626. The Hall–Kier alpha value is -2.02. The summed E-state index contributed by atoms with van der Waals surface area (Å²) in [5, 5.41) is 6.40. The van der Waals surface area contributed by atoms with E-state index in [0.717, 1.165) is 18.4 Å². The number of terminal acetylenes is 1. The van der Waals surface area contributed by atoms with Gasteiger partial charge in [0.2, 0.25) is 0 Å². The molecular formula is C14H16FN3. The number of nitrogens with zero attached hydrogens (tertiary/aromatic N) is 1. The molecule has 94 valence electrons. The molecule has 3 nitrogen and oxygen atoms in total. The normalized spacial score (nSPS) is 16.8. The van der Waals surface area contributed by atoms with Gasteiger partial charge in [-0.2, -0.15) is 0 Å². The second-order valence-electron chi connectivity index (χ2n) is 4.29. The Morgan fingerprint density at radius 1 is 1.44 bits per heavy atom. The molecule has 0 spiro atoms. The topological polar surface area (TPSA) is 36.4 Å². The van der Waals surface area contributed by atoms with Gasteiger partial charge in [-0.05, 0) is 30.5 Å². The largest absolute Gasteiger partial charge is 0.354 e. The van der Waals surface area contributed by atoms with Crippen LogP contribution in [0.2, 0.25) is 0 Å². The first-order chi connectivity index (χ1) is 8.72. The summed E-state index contributed by atoms with van der Waals surface area (Å²) in [6.45, 7) is 0. The van der Waals surface area contributed by atoms with Gasteiger partial charge >= 0.3 is 0 Å². The van der Waals surface area contributed by atoms with Crippen LogP contribution in [0, 0.1) is 18.2 Å². The molecule has 1 aromatic rings. The van der Waals surface area contributed by atoms with E-state index >= 15 is 0 Å². The van der Waals surface area contributed by atoms with Gasteiger partial charge in [0.15, 0.2) is 5.96 Å². The maximum Gasteiger partial charge on any atom is 0.192 e. The molecule has 4 heteroatoms. The molecule has 2 rings (SSSR count). The van der Waals surface area contributed by atoms with Crippen LogP contribution in [-0.4, -0.2) is 19.0 Å². The Morgan fingerprint density at radius 2 is 2.11 bits per heavy atom. The lowest BCUT2D eigenvalue weighted by Gasteiger charge is -2.17. The van der Waals surface area contributed by atoms with Crippen molar-refractivity contribution in [2.75, 3.05) is 7.05 Å². The lowest BCUT2D eigenvalue weighted by Crippen LogP contribution is -2.40.